The number of rotatable bonds is 3. The van der Waals surface area contributed by atoms with Crippen LogP contribution in [0.1, 0.15) is 22.2 Å². The number of hydrogen-bond acceptors (Lipinski definition) is 6. The first kappa shape index (κ1) is 18.0. The summed E-state index contributed by atoms with van der Waals surface area (Å²) in [7, 11) is 3.86. The molecule has 0 aliphatic carbocycles. The van der Waals surface area contributed by atoms with Crippen molar-refractivity contribution < 1.29 is 4.79 Å². The van der Waals surface area contributed by atoms with Crippen LogP contribution in [0.5, 0.6) is 0 Å². The fourth-order valence-electron chi connectivity index (χ4n) is 3.85. The van der Waals surface area contributed by atoms with E-state index in [0.29, 0.717) is 18.8 Å². The monoisotopic (exact) mass is 407 g/mol. The quantitative estimate of drug-likeness (QED) is 0.521. The molecule has 1 fully saturated rings. The van der Waals surface area contributed by atoms with Gasteiger partial charge in [0.25, 0.3) is 5.91 Å². The highest BCUT2D eigenvalue weighted by molar-refractivity contribution is 7.08. The molecule has 0 aromatic carbocycles. The molecule has 1 atom stereocenters. The molecule has 0 bridgehead atoms. The SMILES string of the molecule is CN1CCN(C(=O)c2ccnn2C)CC1c1nnn2cc(-c3ccsc3)ccc12. The zero-order chi connectivity index (χ0) is 20.0. The number of amides is 1. The minimum absolute atomic E-state index is 0.000632. The molecule has 0 radical (unpaired) electrons. The Kier molecular flexibility index (Phi) is 4.40. The third kappa shape index (κ3) is 3.12. The Balaban J connectivity index is 1.45. The number of carbonyl (C=O) groups excluding carboxylic acids is 1. The number of likely N-dealkylation sites (N-methyl/N-ethyl adjacent to an activating group) is 1. The van der Waals surface area contributed by atoms with E-state index < -0.39 is 0 Å². The average Bonchev–Trinajstić information content (AvgIpc) is 3.48. The normalized spacial score (nSPS) is 17.9. The number of thiophene rings is 1. The Labute approximate surface area is 172 Å². The van der Waals surface area contributed by atoms with Gasteiger partial charge in [0.1, 0.15) is 11.4 Å². The molecule has 148 valence electrons. The van der Waals surface area contributed by atoms with Crippen LogP contribution in [0.3, 0.4) is 0 Å². The number of nitrogens with zero attached hydrogens (tertiary/aromatic N) is 7. The van der Waals surface area contributed by atoms with Crippen LogP contribution in [0, 0.1) is 0 Å². The van der Waals surface area contributed by atoms with E-state index >= 15 is 0 Å². The van der Waals surface area contributed by atoms with E-state index in [1.54, 1.807) is 35.3 Å². The largest absolute Gasteiger partial charge is 0.334 e. The van der Waals surface area contributed by atoms with Gasteiger partial charge in [0, 0.05) is 44.6 Å². The van der Waals surface area contributed by atoms with Crippen LogP contribution in [0.15, 0.2) is 47.4 Å². The summed E-state index contributed by atoms with van der Waals surface area (Å²) in [5, 5.41) is 17.2. The molecule has 1 aliphatic heterocycles. The first-order valence-electron chi connectivity index (χ1n) is 9.47. The van der Waals surface area contributed by atoms with Crippen molar-refractivity contribution in [3.63, 3.8) is 0 Å². The van der Waals surface area contributed by atoms with Gasteiger partial charge in [-0.05, 0) is 41.6 Å². The van der Waals surface area contributed by atoms with Gasteiger partial charge in [-0.1, -0.05) is 11.3 Å². The molecule has 1 amide bonds. The minimum Gasteiger partial charge on any atom is -0.334 e. The van der Waals surface area contributed by atoms with Gasteiger partial charge < -0.3 is 4.90 Å². The number of aromatic nitrogens is 5. The lowest BCUT2D eigenvalue weighted by Gasteiger charge is -2.38. The summed E-state index contributed by atoms with van der Waals surface area (Å²) in [5.41, 5.74) is 4.75. The molecular formula is C20H21N7OS. The molecule has 4 aromatic rings. The highest BCUT2D eigenvalue weighted by Crippen LogP contribution is 2.28. The van der Waals surface area contributed by atoms with E-state index in [4.69, 9.17) is 0 Å². The van der Waals surface area contributed by atoms with Crippen LogP contribution < -0.4 is 0 Å². The molecule has 1 aliphatic rings. The molecule has 5 heterocycles. The first-order chi connectivity index (χ1) is 14.1. The molecule has 0 N–H and O–H groups in total. The Hall–Kier alpha value is -3.04. The van der Waals surface area contributed by atoms with Gasteiger partial charge in [0.05, 0.1) is 11.6 Å². The number of aryl methyl sites for hydroxylation is 1. The molecular weight excluding hydrogens is 386 g/mol. The average molecular weight is 408 g/mol. The van der Waals surface area contributed by atoms with E-state index in [9.17, 15) is 4.79 Å². The number of carbonyl (C=O) groups is 1. The summed E-state index contributed by atoms with van der Waals surface area (Å²) in [6.07, 6.45) is 3.66. The summed E-state index contributed by atoms with van der Waals surface area (Å²) in [4.78, 5) is 17.1. The second-order valence-electron chi connectivity index (χ2n) is 7.32. The lowest BCUT2D eigenvalue weighted by atomic mass is 10.1. The van der Waals surface area contributed by atoms with E-state index in [2.05, 4.69) is 56.3 Å². The van der Waals surface area contributed by atoms with E-state index in [1.807, 2.05) is 15.6 Å². The van der Waals surface area contributed by atoms with Crippen LogP contribution in [-0.2, 0) is 7.05 Å². The van der Waals surface area contributed by atoms with E-state index in [-0.39, 0.29) is 11.9 Å². The van der Waals surface area contributed by atoms with Crippen molar-refractivity contribution >= 4 is 22.8 Å². The molecule has 0 spiro atoms. The van der Waals surface area contributed by atoms with Gasteiger partial charge in [-0.3, -0.25) is 14.4 Å². The van der Waals surface area contributed by atoms with Gasteiger partial charge in [-0.2, -0.15) is 16.4 Å². The highest BCUT2D eigenvalue weighted by Gasteiger charge is 2.32. The maximum atomic E-state index is 12.9. The summed E-state index contributed by atoms with van der Waals surface area (Å²) < 4.78 is 3.45. The first-order valence-corrected chi connectivity index (χ1v) is 10.4. The highest BCUT2D eigenvalue weighted by atomic mass is 32.1. The Bertz CT molecular complexity index is 1160. The number of pyridine rings is 1. The zero-order valence-corrected chi connectivity index (χ0v) is 17.1. The van der Waals surface area contributed by atoms with Crippen LogP contribution in [0.25, 0.3) is 16.6 Å². The lowest BCUT2D eigenvalue weighted by molar-refractivity contribution is 0.0531. The standard InChI is InChI=1S/C20H21N7OS/c1-24-8-9-26(20(28)17-5-7-21-25(17)2)12-18(24)19-16-4-3-14(11-27(16)23-22-19)15-6-10-29-13-15/h3-7,10-11,13,18H,8-9,12H2,1-2H3. The van der Waals surface area contributed by atoms with Crippen LogP contribution in [0.4, 0.5) is 0 Å². The predicted molar refractivity (Wildman–Crippen MR) is 111 cm³/mol. The third-order valence-electron chi connectivity index (χ3n) is 5.59. The van der Waals surface area contributed by atoms with Crippen molar-refractivity contribution in [2.45, 2.75) is 6.04 Å². The number of fused-ring (bicyclic) bond motifs is 1. The van der Waals surface area contributed by atoms with Crippen molar-refractivity contribution in [2.75, 3.05) is 26.7 Å². The topological polar surface area (TPSA) is 71.6 Å². The summed E-state index contributed by atoms with van der Waals surface area (Å²) >= 11 is 1.68. The fraction of sp³-hybridized carbons (Fsp3) is 0.300. The zero-order valence-electron chi connectivity index (χ0n) is 16.3. The van der Waals surface area contributed by atoms with Gasteiger partial charge in [-0.15, -0.1) is 5.10 Å². The fourth-order valence-corrected chi connectivity index (χ4v) is 4.51. The Morgan fingerprint density at radius 3 is 2.79 bits per heavy atom. The second-order valence-corrected chi connectivity index (χ2v) is 8.10. The molecule has 29 heavy (non-hydrogen) atoms. The molecule has 4 aromatic heterocycles. The lowest BCUT2D eigenvalue weighted by Crippen LogP contribution is -2.49. The molecule has 1 unspecified atom stereocenters. The molecule has 0 saturated carbocycles. The van der Waals surface area contributed by atoms with E-state index in [1.165, 1.54) is 5.56 Å². The van der Waals surface area contributed by atoms with Crippen LogP contribution >= 0.6 is 11.3 Å². The van der Waals surface area contributed by atoms with Crippen LogP contribution in [-0.4, -0.2) is 67.0 Å². The third-order valence-corrected chi connectivity index (χ3v) is 6.27. The van der Waals surface area contributed by atoms with Crippen molar-refractivity contribution in [1.29, 1.82) is 0 Å². The number of hydrogen-bond donors (Lipinski definition) is 0. The molecule has 1 saturated heterocycles. The summed E-state index contributed by atoms with van der Waals surface area (Å²) in [6, 6.07) is 8.02. The minimum atomic E-state index is -0.00887. The summed E-state index contributed by atoms with van der Waals surface area (Å²) in [5.74, 6) is -0.000632. The Morgan fingerprint density at radius 1 is 1.14 bits per heavy atom. The van der Waals surface area contributed by atoms with E-state index in [0.717, 1.165) is 23.3 Å². The molecule has 5 rings (SSSR count). The van der Waals surface area contributed by atoms with Gasteiger partial charge in [-0.25, -0.2) is 4.52 Å². The second kappa shape index (κ2) is 7.09. The number of piperazine rings is 1. The maximum absolute atomic E-state index is 12.9. The smallest absolute Gasteiger partial charge is 0.272 e. The summed E-state index contributed by atoms with van der Waals surface area (Å²) in [6.45, 7) is 2.03. The molecule has 8 nitrogen and oxygen atoms in total. The van der Waals surface area contributed by atoms with Crippen molar-refractivity contribution in [2.24, 2.45) is 7.05 Å². The van der Waals surface area contributed by atoms with Crippen molar-refractivity contribution in [3.05, 3.63) is 58.8 Å². The Morgan fingerprint density at radius 2 is 2.03 bits per heavy atom. The van der Waals surface area contributed by atoms with Gasteiger partial charge >= 0.3 is 0 Å². The molecule has 9 heteroatoms. The van der Waals surface area contributed by atoms with Crippen molar-refractivity contribution in [1.82, 2.24) is 34.4 Å². The predicted octanol–water partition coefficient (Wildman–Crippen LogP) is 2.32. The van der Waals surface area contributed by atoms with Gasteiger partial charge in [0.15, 0.2) is 0 Å². The maximum Gasteiger partial charge on any atom is 0.272 e. The van der Waals surface area contributed by atoms with Gasteiger partial charge in [0.2, 0.25) is 0 Å². The van der Waals surface area contributed by atoms with Crippen LogP contribution in [0.2, 0.25) is 0 Å². The van der Waals surface area contributed by atoms with Crippen molar-refractivity contribution in [3.8, 4) is 11.1 Å².